The van der Waals surface area contributed by atoms with Gasteiger partial charge in [-0.1, -0.05) is 6.92 Å². The second-order valence-electron chi connectivity index (χ2n) is 2.69. The van der Waals surface area contributed by atoms with Gasteiger partial charge < -0.3 is 5.11 Å². The van der Waals surface area contributed by atoms with Gasteiger partial charge >= 0.3 is 0 Å². The van der Waals surface area contributed by atoms with Gasteiger partial charge in [-0.05, 0) is 24.1 Å². The molecular formula is C9H14N2O. The molecule has 1 N–H and O–H groups in total. The first-order valence-corrected chi connectivity index (χ1v) is 4.06. The molecule has 12 heavy (non-hydrogen) atoms. The van der Waals surface area contributed by atoms with Gasteiger partial charge in [0, 0.05) is 13.2 Å². The minimum atomic E-state index is 0.127. The highest BCUT2D eigenvalue weighted by atomic mass is 16.3. The number of aliphatic hydroxyl groups excluding tert-OH is 1. The second-order valence-corrected chi connectivity index (χ2v) is 2.69. The Morgan fingerprint density at radius 2 is 2.50 bits per heavy atom. The standard InChI is InChI=1S/C9H14N2O/c1-3-8(7-12)6-9-4-5-10-11(9)2/h4-6,12H,3,7H2,1-2H3. The molecule has 0 aliphatic heterocycles. The van der Waals surface area contributed by atoms with Crippen LogP contribution in [-0.4, -0.2) is 21.5 Å². The zero-order chi connectivity index (χ0) is 8.97. The van der Waals surface area contributed by atoms with Crippen LogP contribution < -0.4 is 0 Å². The molecule has 0 aliphatic rings. The van der Waals surface area contributed by atoms with Crippen LogP contribution in [0.15, 0.2) is 17.8 Å². The van der Waals surface area contributed by atoms with E-state index in [0.29, 0.717) is 0 Å². The van der Waals surface area contributed by atoms with Crippen molar-refractivity contribution in [3.8, 4) is 0 Å². The molecule has 1 aromatic rings. The van der Waals surface area contributed by atoms with Gasteiger partial charge in [0.1, 0.15) is 0 Å². The monoisotopic (exact) mass is 166 g/mol. The predicted octanol–water partition coefficient (Wildman–Crippen LogP) is 1.21. The maximum Gasteiger partial charge on any atom is 0.0645 e. The fourth-order valence-corrected chi connectivity index (χ4v) is 0.994. The van der Waals surface area contributed by atoms with Crippen LogP contribution in [0.2, 0.25) is 0 Å². The van der Waals surface area contributed by atoms with E-state index in [9.17, 15) is 0 Å². The van der Waals surface area contributed by atoms with E-state index < -0.39 is 0 Å². The van der Waals surface area contributed by atoms with E-state index in [-0.39, 0.29) is 6.61 Å². The van der Waals surface area contributed by atoms with Crippen LogP contribution in [0.5, 0.6) is 0 Å². The summed E-state index contributed by atoms with van der Waals surface area (Å²) in [5.41, 5.74) is 2.06. The van der Waals surface area contributed by atoms with E-state index in [1.807, 2.05) is 26.1 Å². The molecule has 0 fully saturated rings. The summed E-state index contributed by atoms with van der Waals surface area (Å²) in [4.78, 5) is 0. The average molecular weight is 166 g/mol. The summed E-state index contributed by atoms with van der Waals surface area (Å²) < 4.78 is 1.78. The largest absolute Gasteiger partial charge is 0.392 e. The van der Waals surface area contributed by atoms with Crippen molar-refractivity contribution in [1.82, 2.24) is 9.78 Å². The summed E-state index contributed by atoms with van der Waals surface area (Å²) in [6, 6.07) is 1.92. The molecule has 0 saturated heterocycles. The maximum atomic E-state index is 8.92. The van der Waals surface area contributed by atoms with Crippen molar-refractivity contribution < 1.29 is 5.11 Å². The van der Waals surface area contributed by atoms with E-state index in [1.54, 1.807) is 10.9 Å². The first-order valence-electron chi connectivity index (χ1n) is 4.06. The van der Waals surface area contributed by atoms with Crippen molar-refractivity contribution in [3.63, 3.8) is 0 Å². The number of aliphatic hydroxyl groups is 1. The number of nitrogens with zero attached hydrogens (tertiary/aromatic N) is 2. The zero-order valence-corrected chi connectivity index (χ0v) is 7.49. The van der Waals surface area contributed by atoms with Crippen LogP contribution in [0.4, 0.5) is 0 Å². The van der Waals surface area contributed by atoms with Gasteiger partial charge in [-0.15, -0.1) is 0 Å². The molecule has 0 aromatic carbocycles. The Balaban J connectivity index is 2.85. The van der Waals surface area contributed by atoms with E-state index in [4.69, 9.17) is 5.11 Å². The summed E-state index contributed by atoms with van der Waals surface area (Å²) in [5, 5.41) is 12.9. The highest BCUT2D eigenvalue weighted by Gasteiger charge is 1.96. The van der Waals surface area contributed by atoms with Gasteiger partial charge in [0.2, 0.25) is 0 Å². The topological polar surface area (TPSA) is 38.0 Å². The summed E-state index contributed by atoms with van der Waals surface area (Å²) >= 11 is 0. The van der Waals surface area contributed by atoms with Crippen LogP contribution >= 0.6 is 0 Å². The molecule has 3 nitrogen and oxygen atoms in total. The Bertz CT molecular complexity index is 270. The fraction of sp³-hybridized carbons (Fsp3) is 0.444. The lowest BCUT2D eigenvalue weighted by Crippen LogP contribution is -1.95. The molecule has 0 aliphatic carbocycles. The molecule has 0 unspecified atom stereocenters. The molecule has 3 heteroatoms. The zero-order valence-electron chi connectivity index (χ0n) is 7.49. The maximum absolute atomic E-state index is 8.92. The van der Waals surface area contributed by atoms with Crippen LogP contribution in [0.3, 0.4) is 0 Å². The van der Waals surface area contributed by atoms with Crippen molar-refractivity contribution in [3.05, 3.63) is 23.5 Å². The molecule has 0 radical (unpaired) electrons. The van der Waals surface area contributed by atoms with Gasteiger partial charge in [0.15, 0.2) is 0 Å². The predicted molar refractivity (Wildman–Crippen MR) is 48.6 cm³/mol. The van der Waals surface area contributed by atoms with Crippen LogP contribution in [0, 0.1) is 0 Å². The summed E-state index contributed by atoms with van der Waals surface area (Å²) in [7, 11) is 1.89. The third-order valence-corrected chi connectivity index (χ3v) is 1.87. The van der Waals surface area contributed by atoms with Gasteiger partial charge in [-0.25, -0.2) is 0 Å². The molecule has 1 rings (SSSR count). The Labute approximate surface area is 72.3 Å². The Kier molecular flexibility index (Phi) is 3.05. The van der Waals surface area contributed by atoms with Gasteiger partial charge in [0.25, 0.3) is 0 Å². The van der Waals surface area contributed by atoms with Crippen molar-refractivity contribution in [2.45, 2.75) is 13.3 Å². The van der Waals surface area contributed by atoms with Gasteiger partial charge in [-0.2, -0.15) is 5.10 Å². The average Bonchev–Trinajstić information content (AvgIpc) is 2.47. The third kappa shape index (κ3) is 1.95. The minimum absolute atomic E-state index is 0.127. The smallest absolute Gasteiger partial charge is 0.0645 e. The quantitative estimate of drug-likeness (QED) is 0.732. The number of hydrogen-bond acceptors (Lipinski definition) is 2. The molecular weight excluding hydrogens is 152 g/mol. The third-order valence-electron chi connectivity index (χ3n) is 1.87. The van der Waals surface area contributed by atoms with Crippen molar-refractivity contribution >= 4 is 6.08 Å². The van der Waals surface area contributed by atoms with E-state index in [1.165, 1.54) is 0 Å². The Hall–Kier alpha value is -1.09. The SMILES string of the molecule is CCC(=Cc1ccnn1C)CO. The van der Waals surface area contributed by atoms with E-state index in [2.05, 4.69) is 5.10 Å². The van der Waals surface area contributed by atoms with Gasteiger partial charge in [-0.3, -0.25) is 4.68 Å². The summed E-state index contributed by atoms with van der Waals surface area (Å²) in [6.45, 7) is 2.15. The van der Waals surface area contributed by atoms with E-state index in [0.717, 1.165) is 17.7 Å². The summed E-state index contributed by atoms with van der Waals surface area (Å²) in [5.74, 6) is 0. The highest BCUT2D eigenvalue weighted by molar-refractivity contribution is 5.48. The first kappa shape index (κ1) is 9.00. The Morgan fingerprint density at radius 3 is 2.92 bits per heavy atom. The molecule has 1 heterocycles. The van der Waals surface area contributed by atoms with Crippen LogP contribution in [0.1, 0.15) is 19.0 Å². The van der Waals surface area contributed by atoms with E-state index >= 15 is 0 Å². The molecule has 0 amide bonds. The lowest BCUT2D eigenvalue weighted by molar-refractivity contribution is 0.329. The number of hydrogen-bond donors (Lipinski definition) is 1. The lowest BCUT2D eigenvalue weighted by Gasteiger charge is -1.99. The van der Waals surface area contributed by atoms with Crippen molar-refractivity contribution in [1.29, 1.82) is 0 Å². The number of rotatable bonds is 3. The molecule has 0 saturated carbocycles. The second kappa shape index (κ2) is 4.07. The van der Waals surface area contributed by atoms with Crippen molar-refractivity contribution in [2.24, 2.45) is 7.05 Å². The first-order chi connectivity index (χ1) is 5.77. The normalized spacial score (nSPS) is 12.1. The van der Waals surface area contributed by atoms with Crippen LogP contribution in [0.25, 0.3) is 6.08 Å². The lowest BCUT2D eigenvalue weighted by atomic mass is 10.2. The molecule has 0 spiro atoms. The number of aryl methyl sites for hydroxylation is 1. The highest BCUT2D eigenvalue weighted by Crippen LogP contribution is 2.07. The molecule has 1 aromatic heterocycles. The minimum Gasteiger partial charge on any atom is -0.392 e. The van der Waals surface area contributed by atoms with Gasteiger partial charge in [0.05, 0.1) is 12.3 Å². The number of aromatic nitrogens is 2. The fourth-order valence-electron chi connectivity index (χ4n) is 0.994. The van der Waals surface area contributed by atoms with Crippen LogP contribution in [-0.2, 0) is 7.05 Å². The summed E-state index contributed by atoms with van der Waals surface area (Å²) in [6.07, 6.45) is 4.59. The molecule has 66 valence electrons. The molecule has 0 atom stereocenters. The molecule has 0 bridgehead atoms. The Morgan fingerprint density at radius 1 is 1.75 bits per heavy atom. The van der Waals surface area contributed by atoms with Crippen molar-refractivity contribution in [2.75, 3.05) is 6.61 Å².